The van der Waals surface area contributed by atoms with Crippen molar-refractivity contribution in [3.63, 3.8) is 0 Å². The lowest BCUT2D eigenvalue weighted by molar-refractivity contribution is -0.119. The molecule has 2 amide bonds. The summed E-state index contributed by atoms with van der Waals surface area (Å²) in [5.74, 6) is 0.646. The van der Waals surface area contributed by atoms with Gasteiger partial charge >= 0.3 is 0 Å². The molecule has 1 N–H and O–H groups in total. The summed E-state index contributed by atoms with van der Waals surface area (Å²) < 4.78 is 12.2. The molecule has 2 heterocycles. The van der Waals surface area contributed by atoms with Crippen molar-refractivity contribution < 1.29 is 19.1 Å². The first-order valence-electron chi connectivity index (χ1n) is 13.3. The van der Waals surface area contributed by atoms with Crippen LogP contribution in [0.5, 0.6) is 5.75 Å². The second kappa shape index (κ2) is 12.5. The Balaban J connectivity index is 1.60. The topological polar surface area (TPSA) is 84.0 Å². The van der Waals surface area contributed by atoms with Gasteiger partial charge in [-0.3, -0.25) is 19.5 Å². The number of hydrogen-bond acceptors (Lipinski definition) is 6. The van der Waals surface area contributed by atoms with Gasteiger partial charge in [-0.25, -0.2) is 0 Å². The molecular weight excluding hydrogens is 468 g/mol. The normalized spacial score (nSPS) is 24.1. The highest BCUT2D eigenvalue weighted by molar-refractivity contribution is 5.98. The maximum absolute atomic E-state index is 13.4. The van der Waals surface area contributed by atoms with E-state index in [1.807, 2.05) is 12.3 Å². The van der Waals surface area contributed by atoms with E-state index in [4.69, 9.17) is 9.47 Å². The molecule has 200 valence electrons. The zero-order valence-corrected chi connectivity index (χ0v) is 22.5. The molecule has 0 bridgehead atoms. The zero-order chi connectivity index (χ0) is 26.4. The lowest BCUT2D eigenvalue weighted by atomic mass is 10.0. The lowest BCUT2D eigenvalue weighted by Gasteiger charge is -2.36. The van der Waals surface area contributed by atoms with Crippen LogP contribution in [0.15, 0.2) is 42.7 Å². The first-order valence-corrected chi connectivity index (χ1v) is 13.3. The Morgan fingerprint density at radius 1 is 1.19 bits per heavy atom. The summed E-state index contributed by atoms with van der Waals surface area (Å²) in [5, 5.41) is 3.04. The van der Waals surface area contributed by atoms with Crippen LogP contribution < -0.4 is 10.1 Å². The molecule has 3 atom stereocenters. The van der Waals surface area contributed by atoms with Crippen LogP contribution in [0, 0.1) is 11.8 Å². The van der Waals surface area contributed by atoms with Gasteiger partial charge in [-0.15, -0.1) is 0 Å². The van der Waals surface area contributed by atoms with Crippen LogP contribution in [-0.4, -0.2) is 72.6 Å². The van der Waals surface area contributed by atoms with Gasteiger partial charge in [0.2, 0.25) is 5.91 Å². The number of hydrogen-bond donors (Lipinski definition) is 1. The number of aromatic nitrogens is 1. The average Bonchev–Trinajstić information content (AvgIpc) is 3.45. The molecule has 8 heteroatoms. The molecule has 2 aromatic rings. The number of benzene rings is 1. The average molecular weight is 509 g/mol. The van der Waals surface area contributed by atoms with Crippen molar-refractivity contribution in [2.24, 2.45) is 11.8 Å². The smallest absolute Gasteiger partial charge is 0.257 e. The number of carbonyl (C=O) groups is 2. The number of rotatable bonds is 5. The summed E-state index contributed by atoms with van der Waals surface area (Å²) in [7, 11) is 3.50. The quantitative estimate of drug-likeness (QED) is 0.651. The number of carbonyl (C=O) groups excluding carboxylic acids is 2. The second-order valence-corrected chi connectivity index (χ2v) is 10.6. The van der Waals surface area contributed by atoms with Crippen molar-refractivity contribution in [2.75, 3.05) is 39.2 Å². The molecule has 1 aromatic heterocycles. The Hall–Kier alpha value is -2.97. The number of amides is 2. The number of fused-ring (bicyclic) bond motifs is 1. The first kappa shape index (κ1) is 27.1. The highest BCUT2D eigenvalue weighted by atomic mass is 16.5. The highest BCUT2D eigenvalue weighted by Crippen LogP contribution is 2.29. The third-order valence-corrected chi connectivity index (χ3v) is 7.68. The van der Waals surface area contributed by atoms with Gasteiger partial charge in [0, 0.05) is 69.9 Å². The minimum atomic E-state index is -0.127. The number of ether oxygens (including phenoxy) is 2. The molecule has 37 heavy (non-hydrogen) atoms. The standard InChI is InChI=1S/C29H40N4O4/c1-20-16-33(17-22-8-7-13-30-15-22)21(2)19-37-26-14-24(31-28(34)23-9-5-6-10-23)11-12-25(26)29(35)32(3)18-27(20)36-4/h7-8,11-15,20-21,23,27H,5-6,9-10,16-19H2,1-4H3,(H,31,34)/t20-,21-,27-/m1/s1. The maximum atomic E-state index is 13.4. The van der Waals surface area contributed by atoms with E-state index in [-0.39, 0.29) is 35.8 Å². The van der Waals surface area contributed by atoms with E-state index in [1.54, 1.807) is 43.5 Å². The fraction of sp³-hybridized carbons (Fsp3) is 0.552. The summed E-state index contributed by atoms with van der Waals surface area (Å²) in [6.07, 6.45) is 7.61. The van der Waals surface area contributed by atoms with Gasteiger partial charge in [0.1, 0.15) is 12.4 Å². The van der Waals surface area contributed by atoms with Crippen LogP contribution in [0.3, 0.4) is 0 Å². The van der Waals surface area contributed by atoms with Gasteiger partial charge in [0.25, 0.3) is 5.91 Å². The van der Waals surface area contributed by atoms with Gasteiger partial charge in [0.15, 0.2) is 0 Å². The Bertz CT molecular complexity index is 1060. The molecular formula is C29H40N4O4. The molecule has 1 saturated carbocycles. The summed E-state index contributed by atoms with van der Waals surface area (Å²) in [6.45, 7) is 6.67. The van der Waals surface area contributed by atoms with E-state index >= 15 is 0 Å². The predicted octanol–water partition coefficient (Wildman–Crippen LogP) is 4.22. The van der Waals surface area contributed by atoms with E-state index in [0.717, 1.165) is 44.3 Å². The van der Waals surface area contributed by atoms with Crippen LogP contribution in [-0.2, 0) is 16.1 Å². The van der Waals surface area contributed by atoms with Gasteiger partial charge in [-0.05, 0) is 49.4 Å². The van der Waals surface area contributed by atoms with Gasteiger partial charge < -0.3 is 19.7 Å². The van der Waals surface area contributed by atoms with E-state index in [0.29, 0.717) is 30.2 Å². The van der Waals surface area contributed by atoms with Crippen LogP contribution in [0.4, 0.5) is 5.69 Å². The van der Waals surface area contributed by atoms with Crippen LogP contribution in [0.1, 0.15) is 55.5 Å². The Morgan fingerprint density at radius 2 is 1.97 bits per heavy atom. The fourth-order valence-electron chi connectivity index (χ4n) is 5.30. The van der Waals surface area contributed by atoms with Crippen LogP contribution in [0.2, 0.25) is 0 Å². The van der Waals surface area contributed by atoms with E-state index < -0.39 is 0 Å². The Morgan fingerprint density at radius 3 is 2.68 bits per heavy atom. The number of likely N-dealkylation sites (N-methyl/N-ethyl adjacent to an activating group) is 1. The van der Waals surface area contributed by atoms with E-state index in [9.17, 15) is 9.59 Å². The molecule has 0 radical (unpaired) electrons. The Kier molecular flexibility index (Phi) is 9.16. The molecule has 1 aromatic carbocycles. The molecule has 1 aliphatic heterocycles. The Labute approximate surface area is 220 Å². The third kappa shape index (κ3) is 6.87. The van der Waals surface area contributed by atoms with E-state index in [2.05, 4.69) is 35.1 Å². The summed E-state index contributed by atoms with van der Waals surface area (Å²) in [6, 6.07) is 9.43. The monoisotopic (exact) mass is 508 g/mol. The highest BCUT2D eigenvalue weighted by Gasteiger charge is 2.29. The van der Waals surface area contributed by atoms with Crippen molar-refractivity contribution in [2.45, 2.75) is 58.2 Å². The van der Waals surface area contributed by atoms with Crippen LogP contribution in [0.25, 0.3) is 0 Å². The number of nitrogens with one attached hydrogen (secondary N) is 1. The van der Waals surface area contributed by atoms with Gasteiger partial charge in [0.05, 0.1) is 11.7 Å². The minimum absolute atomic E-state index is 0.0435. The van der Waals surface area contributed by atoms with Gasteiger partial charge in [-0.1, -0.05) is 25.8 Å². The maximum Gasteiger partial charge on any atom is 0.257 e. The first-order chi connectivity index (χ1) is 17.9. The number of pyridine rings is 1. The van der Waals surface area contributed by atoms with Crippen molar-refractivity contribution in [1.29, 1.82) is 0 Å². The van der Waals surface area contributed by atoms with Crippen LogP contribution >= 0.6 is 0 Å². The molecule has 8 nitrogen and oxygen atoms in total. The SMILES string of the molecule is CO[C@@H]1CN(C)C(=O)c2ccc(NC(=O)C3CCCC3)cc2OC[C@@H](C)N(Cc2cccnc2)C[C@H]1C. The fourth-order valence-corrected chi connectivity index (χ4v) is 5.30. The van der Waals surface area contributed by atoms with Crippen molar-refractivity contribution in [3.8, 4) is 5.75 Å². The molecule has 4 rings (SSSR count). The number of anilines is 1. The van der Waals surface area contributed by atoms with Crippen molar-refractivity contribution in [3.05, 3.63) is 53.9 Å². The molecule has 0 saturated heterocycles. The molecule has 1 fully saturated rings. The largest absolute Gasteiger partial charge is 0.491 e. The zero-order valence-electron chi connectivity index (χ0n) is 22.5. The van der Waals surface area contributed by atoms with E-state index in [1.165, 1.54) is 0 Å². The van der Waals surface area contributed by atoms with Crippen molar-refractivity contribution >= 4 is 17.5 Å². The summed E-state index contributed by atoms with van der Waals surface area (Å²) in [5.41, 5.74) is 2.27. The molecule has 0 spiro atoms. The number of nitrogens with zero attached hydrogens (tertiary/aromatic N) is 3. The molecule has 1 aliphatic carbocycles. The minimum Gasteiger partial charge on any atom is -0.491 e. The number of methoxy groups -OCH3 is 1. The van der Waals surface area contributed by atoms with Crippen molar-refractivity contribution in [1.82, 2.24) is 14.8 Å². The second-order valence-electron chi connectivity index (χ2n) is 10.6. The summed E-state index contributed by atoms with van der Waals surface area (Å²) in [4.78, 5) is 34.5. The molecule has 2 aliphatic rings. The predicted molar refractivity (Wildman–Crippen MR) is 144 cm³/mol. The van der Waals surface area contributed by atoms with Gasteiger partial charge in [-0.2, -0.15) is 0 Å². The summed E-state index contributed by atoms with van der Waals surface area (Å²) >= 11 is 0. The lowest BCUT2D eigenvalue weighted by Crippen LogP contribution is -2.46. The third-order valence-electron chi connectivity index (χ3n) is 7.68. The molecule has 0 unspecified atom stereocenters.